The van der Waals surface area contributed by atoms with Gasteiger partial charge in [0.05, 0.1) is 0 Å². The quantitative estimate of drug-likeness (QED) is 0.237. The number of rotatable bonds is 0. The van der Waals surface area contributed by atoms with Gasteiger partial charge in [-0.3, -0.25) is 8.42 Å². The van der Waals surface area contributed by atoms with E-state index in [4.69, 9.17) is 17.5 Å². The Morgan fingerprint density at radius 3 is 1.14 bits per heavy atom. The van der Waals surface area contributed by atoms with Crippen molar-refractivity contribution in [3.8, 4) is 0 Å². The van der Waals surface area contributed by atoms with Gasteiger partial charge in [0.1, 0.15) is 0 Å². The van der Waals surface area contributed by atoms with E-state index in [1.165, 1.54) is 0 Å². The molecular formula is H3AlCoO4S. The van der Waals surface area contributed by atoms with E-state index in [0.717, 1.165) is 0 Å². The van der Waals surface area contributed by atoms with Gasteiger partial charge >= 0.3 is 16.8 Å². The maximum atomic E-state index is 8.52. The molecule has 1 radical (unpaired) electrons. The largest absolute Gasteiger partial charge is 2.00 e. The molecule has 0 aromatic carbocycles. The van der Waals surface area contributed by atoms with Crippen LogP contribution >= 0.6 is 0 Å². The fourth-order valence-corrected chi connectivity index (χ4v) is 0. The first kappa shape index (κ1) is 15.7. The molecule has 7 heteroatoms. The van der Waals surface area contributed by atoms with Crippen LogP contribution in [0.3, 0.4) is 0 Å². The molecule has 0 aliphatic heterocycles. The summed E-state index contributed by atoms with van der Waals surface area (Å²) in [4.78, 5) is 0. The third kappa shape index (κ3) is 202. The van der Waals surface area contributed by atoms with Crippen LogP contribution < -0.4 is 0 Å². The molecule has 0 amide bonds. The summed E-state index contributed by atoms with van der Waals surface area (Å²) in [5.41, 5.74) is 0. The molecule has 0 N–H and O–H groups in total. The van der Waals surface area contributed by atoms with Gasteiger partial charge in [-0.1, -0.05) is 0 Å². The summed E-state index contributed by atoms with van der Waals surface area (Å²) in [5.74, 6) is 0. The molecule has 0 aromatic rings. The molecule has 4 nitrogen and oxygen atoms in total. The van der Waals surface area contributed by atoms with Crippen molar-refractivity contribution in [1.82, 2.24) is 0 Å². The van der Waals surface area contributed by atoms with Crippen LogP contribution in [0.4, 0.5) is 0 Å². The Balaban J connectivity index is -0.0000000800. The third-order valence-electron chi connectivity index (χ3n) is 0. The molecule has 0 saturated heterocycles. The molecule has 0 aliphatic rings. The fourth-order valence-electron chi connectivity index (χ4n) is 0. The maximum absolute atomic E-state index is 8.52. The van der Waals surface area contributed by atoms with Crippen LogP contribution in [-0.4, -0.2) is 34.9 Å². The molecule has 0 fully saturated rings. The molecule has 0 unspecified atom stereocenters. The van der Waals surface area contributed by atoms with Crippen molar-refractivity contribution < 1.29 is 34.3 Å². The van der Waals surface area contributed by atoms with Crippen molar-refractivity contribution in [3.05, 3.63) is 0 Å². The molecule has 7 heavy (non-hydrogen) atoms. The van der Waals surface area contributed by atoms with Gasteiger partial charge in [0.2, 0.25) is 0 Å². The Morgan fingerprint density at radius 1 is 1.14 bits per heavy atom. The predicted octanol–water partition coefficient (Wildman–Crippen LogP) is -2.52. The van der Waals surface area contributed by atoms with E-state index in [2.05, 4.69) is 0 Å². The molecule has 0 aliphatic carbocycles. The van der Waals surface area contributed by atoms with Gasteiger partial charge in [-0.2, -0.15) is 0 Å². The summed E-state index contributed by atoms with van der Waals surface area (Å²) in [5, 5.41) is 0. The molecule has 0 bridgehead atoms. The zero-order valence-corrected chi connectivity index (χ0v) is 4.23. The second-order valence-electron chi connectivity index (χ2n) is 0.408. The molecule has 0 spiro atoms. The van der Waals surface area contributed by atoms with Gasteiger partial charge in [0.25, 0.3) is 0 Å². The standard InChI is InChI=1S/Al.Co.H2O4S.3H/c;;1-5(2,3)4;;;/h;;(H2,1,2,3,4);;;/q;+2;;;;/p-2. The molecule has 0 heterocycles. The summed E-state index contributed by atoms with van der Waals surface area (Å²) >= 11 is 0. The first-order valence-corrected chi connectivity index (χ1v) is 2.00. The zero-order chi connectivity index (χ0) is 4.50. The Bertz CT molecular complexity index is 94.9. The first-order valence-electron chi connectivity index (χ1n) is 0.667. The SMILES string of the molecule is O=S(=O)([O-])[O-].[AlH3].[Co+2]. The summed E-state index contributed by atoms with van der Waals surface area (Å²) in [6, 6.07) is 0. The fraction of sp³-hybridized carbons (Fsp3) is 0. The average Bonchev–Trinajstić information content (AvgIpc) is 0.722. The minimum Gasteiger partial charge on any atom is -0.759 e. The van der Waals surface area contributed by atoms with Gasteiger partial charge in [0.15, 0.2) is 17.4 Å². The molecular weight excluding hydrogens is 182 g/mol. The van der Waals surface area contributed by atoms with Crippen LogP contribution in [0.1, 0.15) is 0 Å². The van der Waals surface area contributed by atoms with Gasteiger partial charge < -0.3 is 9.11 Å². The van der Waals surface area contributed by atoms with Crippen molar-refractivity contribution in [2.45, 2.75) is 0 Å². The summed E-state index contributed by atoms with van der Waals surface area (Å²) in [6.07, 6.45) is 0. The average molecular weight is 185 g/mol. The van der Waals surface area contributed by atoms with Crippen molar-refractivity contribution in [1.29, 1.82) is 0 Å². The van der Waals surface area contributed by atoms with Crippen LogP contribution in [0.25, 0.3) is 0 Å². The van der Waals surface area contributed by atoms with Gasteiger partial charge in [-0.25, -0.2) is 0 Å². The summed E-state index contributed by atoms with van der Waals surface area (Å²) in [7, 11) is -5.17. The zero-order valence-electron chi connectivity index (χ0n) is 2.37. The maximum Gasteiger partial charge on any atom is 2.00 e. The number of hydrogen-bond donors (Lipinski definition) is 0. The molecule has 0 saturated carbocycles. The van der Waals surface area contributed by atoms with Crippen LogP contribution in [0.5, 0.6) is 0 Å². The summed E-state index contributed by atoms with van der Waals surface area (Å²) < 4.78 is 34.1. The normalized spacial score (nSPS) is 8.29. The Labute approximate surface area is 62.2 Å². The van der Waals surface area contributed by atoms with Crippen molar-refractivity contribution in [2.75, 3.05) is 0 Å². The third-order valence-corrected chi connectivity index (χ3v) is 0. The van der Waals surface area contributed by atoms with E-state index in [1.54, 1.807) is 0 Å². The van der Waals surface area contributed by atoms with E-state index >= 15 is 0 Å². The second kappa shape index (κ2) is 5.05. The van der Waals surface area contributed by atoms with Gasteiger partial charge in [-0.15, -0.1) is 0 Å². The second-order valence-corrected chi connectivity index (χ2v) is 1.22. The minimum absolute atomic E-state index is 0. The Morgan fingerprint density at radius 2 is 1.14 bits per heavy atom. The van der Waals surface area contributed by atoms with Gasteiger partial charge in [-0.05, 0) is 0 Å². The van der Waals surface area contributed by atoms with E-state index in [-0.39, 0.29) is 34.1 Å². The van der Waals surface area contributed by atoms with Crippen LogP contribution in [0, 0.1) is 0 Å². The molecule has 0 rings (SSSR count). The topological polar surface area (TPSA) is 80.3 Å². The van der Waals surface area contributed by atoms with E-state index < -0.39 is 10.4 Å². The molecule has 0 atom stereocenters. The summed E-state index contributed by atoms with van der Waals surface area (Å²) in [6.45, 7) is 0. The minimum atomic E-state index is -5.17. The van der Waals surface area contributed by atoms with Crippen molar-refractivity contribution in [2.24, 2.45) is 0 Å². The van der Waals surface area contributed by atoms with Crippen LogP contribution in [-0.2, 0) is 27.2 Å². The van der Waals surface area contributed by atoms with Crippen molar-refractivity contribution >= 4 is 27.8 Å². The van der Waals surface area contributed by atoms with E-state index in [0.29, 0.717) is 0 Å². The van der Waals surface area contributed by atoms with E-state index in [1.807, 2.05) is 0 Å². The smallest absolute Gasteiger partial charge is 0.759 e. The van der Waals surface area contributed by atoms with Crippen molar-refractivity contribution in [3.63, 3.8) is 0 Å². The van der Waals surface area contributed by atoms with Crippen LogP contribution in [0.15, 0.2) is 0 Å². The van der Waals surface area contributed by atoms with Crippen LogP contribution in [0.2, 0.25) is 0 Å². The first-order chi connectivity index (χ1) is 2.00. The Kier molecular flexibility index (Phi) is 11.3. The monoisotopic (exact) mass is 185 g/mol. The Hall–Kier alpha value is 0.909. The number of hydrogen-bond acceptors (Lipinski definition) is 4. The van der Waals surface area contributed by atoms with Gasteiger partial charge in [0, 0.05) is 10.4 Å². The predicted molar refractivity (Wildman–Crippen MR) is 20.4 cm³/mol. The molecule has 0 aromatic heterocycles. The van der Waals surface area contributed by atoms with E-state index in [9.17, 15) is 0 Å². The molecule has 45 valence electrons.